The van der Waals surface area contributed by atoms with Gasteiger partial charge in [0, 0.05) is 24.4 Å². The Morgan fingerprint density at radius 2 is 2.27 bits per heavy atom. The lowest BCUT2D eigenvalue weighted by Gasteiger charge is -2.02. The number of aryl methyl sites for hydroxylation is 1. The third kappa shape index (κ3) is 2.12. The molecule has 5 nitrogen and oxygen atoms in total. The van der Waals surface area contributed by atoms with E-state index in [9.17, 15) is 4.79 Å². The van der Waals surface area contributed by atoms with Crippen LogP contribution >= 0.6 is 0 Å². The molecule has 0 bridgehead atoms. The predicted octanol–water partition coefficient (Wildman–Crippen LogP) is 1.14. The summed E-state index contributed by atoms with van der Waals surface area (Å²) >= 11 is 0. The molecule has 0 amide bonds. The van der Waals surface area contributed by atoms with Crippen LogP contribution in [0.4, 0.5) is 0 Å². The van der Waals surface area contributed by atoms with Crippen LogP contribution in [0.2, 0.25) is 0 Å². The number of carboxylic acids is 1. The van der Waals surface area contributed by atoms with Gasteiger partial charge >= 0.3 is 5.97 Å². The summed E-state index contributed by atoms with van der Waals surface area (Å²) in [6.45, 7) is 0. The molecule has 0 aliphatic heterocycles. The van der Waals surface area contributed by atoms with Crippen LogP contribution in [-0.4, -0.2) is 25.7 Å². The predicted molar refractivity (Wildman–Crippen MR) is 53.6 cm³/mol. The van der Waals surface area contributed by atoms with Crippen LogP contribution in [0.3, 0.4) is 0 Å². The molecule has 78 valence electrons. The number of fused-ring (bicyclic) bond motifs is 1. The van der Waals surface area contributed by atoms with Gasteiger partial charge in [-0.2, -0.15) is 5.10 Å². The van der Waals surface area contributed by atoms with E-state index in [1.807, 2.05) is 12.1 Å². The van der Waals surface area contributed by atoms with E-state index in [0.717, 1.165) is 11.3 Å². The molecule has 0 aliphatic carbocycles. The lowest BCUT2D eigenvalue weighted by atomic mass is 10.2. The van der Waals surface area contributed by atoms with Crippen molar-refractivity contribution < 1.29 is 9.90 Å². The van der Waals surface area contributed by atoms with Crippen LogP contribution in [0.1, 0.15) is 18.5 Å². The highest BCUT2D eigenvalue weighted by Gasteiger charge is 2.03. The summed E-state index contributed by atoms with van der Waals surface area (Å²) in [5, 5.41) is 12.7. The largest absolute Gasteiger partial charge is 0.481 e. The fourth-order valence-electron chi connectivity index (χ4n) is 1.50. The van der Waals surface area contributed by atoms with Gasteiger partial charge in [-0.25, -0.2) is 9.50 Å². The Bertz CT molecular complexity index is 478. The van der Waals surface area contributed by atoms with Gasteiger partial charge in [0.05, 0.1) is 6.20 Å². The molecule has 0 saturated heterocycles. The van der Waals surface area contributed by atoms with Crippen molar-refractivity contribution in [3.05, 3.63) is 30.2 Å². The SMILES string of the molecule is O=C(O)CCCc1ccnc2ccnn12. The maximum atomic E-state index is 10.4. The van der Waals surface area contributed by atoms with Crippen LogP contribution in [-0.2, 0) is 11.2 Å². The first kappa shape index (κ1) is 9.64. The van der Waals surface area contributed by atoms with E-state index in [-0.39, 0.29) is 6.42 Å². The molecule has 0 aromatic carbocycles. The fourth-order valence-corrected chi connectivity index (χ4v) is 1.50. The van der Waals surface area contributed by atoms with E-state index in [1.54, 1.807) is 16.9 Å². The second kappa shape index (κ2) is 4.08. The first-order chi connectivity index (χ1) is 7.27. The minimum absolute atomic E-state index is 0.186. The molecular weight excluding hydrogens is 194 g/mol. The molecule has 0 atom stereocenters. The van der Waals surface area contributed by atoms with Gasteiger partial charge in [0.1, 0.15) is 0 Å². The molecule has 5 heteroatoms. The fraction of sp³-hybridized carbons (Fsp3) is 0.300. The molecule has 2 aromatic heterocycles. The zero-order valence-electron chi connectivity index (χ0n) is 8.13. The first-order valence-corrected chi connectivity index (χ1v) is 4.77. The molecule has 0 aliphatic rings. The molecule has 2 heterocycles. The van der Waals surface area contributed by atoms with E-state index >= 15 is 0 Å². The van der Waals surface area contributed by atoms with E-state index < -0.39 is 5.97 Å². The average Bonchev–Trinajstić information content (AvgIpc) is 2.65. The Morgan fingerprint density at radius 1 is 1.40 bits per heavy atom. The minimum Gasteiger partial charge on any atom is -0.481 e. The van der Waals surface area contributed by atoms with Crippen molar-refractivity contribution in [3.8, 4) is 0 Å². The van der Waals surface area contributed by atoms with Gasteiger partial charge in [-0.3, -0.25) is 4.79 Å². The molecule has 0 fully saturated rings. The molecule has 2 aromatic rings. The molecule has 0 radical (unpaired) electrons. The van der Waals surface area contributed by atoms with Gasteiger partial charge in [-0.05, 0) is 18.9 Å². The average molecular weight is 205 g/mol. The number of aliphatic carboxylic acids is 1. The second-order valence-electron chi connectivity index (χ2n) is 3.28. The van der Waals surface area contributed by atoms with Crippen molar-refractivity contribution in [3.63, 3.8) is 0 Å². The number of nitrogens with zero attached hydrogens (tertiary/aromatic N) is 3. The van der Waals surface area contributed by atoms with Gasteiger partial charge in [0.15, 0.2) is 5.65 Å². The van der Waals surface area contributed by atoms with Gasteiger partial charge in [-0.1, -0.05) is 0 Å². The Balaban J connectivity index is 2.13. The summed E-state index contributed by atoms with van der Waals surface area (Å²) in [5.41, 5.74) is 1.79. The number of hydrogen-bond donors (Lipinski definition) is 1. The summed E-state index contributed by atoms with van der Waals surface area (Å²) in [6, 6.07) is 3.68. The molecule has 0 unspecified atom stereocenters. The number of aromatic nitrogens is 3. The molecule has 2 rings (SSSR count). The van der Waals surface area contributed by atoms with Crippen molar-refractivity contribution in [2.75, 3.05) is 0 Å². The Labute approximate surface area is 86.4 Å². The summed E-state index contributed by atoms with van der Waals surface area (Å²) in [6.07, 6.45) is 4.91. The lowest BCUT2D eigenvalue weighted by Crippen LogP contribution is -2.02. The van der Waals surface area contributed by atoms with E-state index in [2.05, 4.69) is 10.1 Å². The molecular formula is C10H11N3O2. The zero-order chi connectivity index (χ0) is 10.7. The first-order valence-electron chi connectivity index (χ1n) is 4.77. The quantitative estimate of drug-likeness (QED) is 0.812. The van der Waals surface area contributed by atoms with Crippen LogP contribution in [0.25, 0.3) is 5.65 Å². The van der Waals surface area contributed by atoms with Crippen LogP contribution in [0.15, 0.2) is 24.5 Å². The van der Waals surface area contributed by atoms with Crippen molar-refractivity contribution in [1.29, 1.82) is 0 Å². The Hall–Kier alpha value is -1.91. The summed E-state index contributed by atoms with van der Waals surface area (Å²) < 4.78 is 1.74. The highest BCUT2D eigenvalue weighted by molar-refractivity contribution is 5.66. The third-order valence-electron chi connectivity index (χ3n) is 2.19. The van der Waals surface area contributed by atoms with E-state index in [0.29, 0.717) is 12.8 Å². The second-order valence-corrected chi connectivity index (χ2v) is 3.28. The summed E-state index contributed by atoms with van der Waals surface area (Å²) in [4.78, 5) is 14.5. The van der Waals surface area contributed by atoms with E-state index in [1.165, 1.54) is 0 Å². The summed E-state index contributed by atoms with van der Waals surface area (Å²) in [5.74, 6) is -0.763. The van der Waals surface area contributed by atoms with Crippen molar-refractivity contribution in [2.24, 2.45) is 0 Å². The minimum atomic E-state index is -0.763. The number of carbonyl (C=O) groups is 1. The van der Waals surface area contributed by atoms with Crippen molar-refractivity contribution in [2.45, 2.75) is 19.3 Å². The highest BCUT2D eigenvalue weighted by Crippen LogP contribution is 2.06. The molecule has 0 saturated carbocycles. The normalized spacial score (nSPS) is 10.7. The van der Waals surface area contributed by atoms with E-state index in [4.69, 9.17) is 5.11 Å². The van der Waals surface area contributed by atoms with Crippen LogP contribution in [0, 0.1) is 0 Å². The van der Waals surface area contributed by atoms with Gasteiger partial charge in [-0.15, -0.1) is 0 Å². The summed E-state index contributed by atoms with van der Waals surface area (Å²) in [7, 11) is 0. The third-order valence-corrected chi connectivity index (χ3v) is 2.19. The van der Waals surface area contributed by atoms with Crippen LogP contribution < -0.4 is 0 Å². The highest BCUT2D eigenvalue weighted by atomic mass is 16.4. The number of hydrogen-bond acceptors (Lipinski definition) is 3. The Kier molecular flexibility index (Phi) is 2.62. The maximum absolute atomic E-state index is 10.4. The standard InChI is InChI=1S/C10H11N3O2/c14-10(15)3-1-2-8-4-6-11-9-5-7-12-13(8)9/h4-7H,1-3H2,(H,14,15). The lowest BCUT2D eigenvalue weighted by molar-refractivity contribution is -0.137. The Morgan fingerprint density at radius 3 is 3.07 bits per heavy atom. The number of carboxylic acid groups (broad SMARTS) is 1. The monoisotopic (exact) mass is 205 g/mol. The molecule has 0 spiro atoms. The van der Waals surface area contributed by atoms with Gasteiger partial charge in [0.25, 0.3) is 0 Å². The zero-order valence-corrected chi connectivity index (χ0v) is 8.13. The topological polar surface area (TPSA) is 67.5 Å². The molecule has 15 heavy (non-hydrogen) atoms. The van der Waals surface area contributed by atoms with Crippen molar-refractivity contribution in [1.82, 2.24) is 14.6 Å². The molecule has 1 N–H and O–H groups in total. The maximum Gasteiger partial charge on any atom is 0.303 e. The van der Waals surface area contributed by atoms with Crippen LogP contribution in [0.5, 0.6) is 0 Å². The van der Waals surface area contributed by atoms with Gasteiger partial charge < -0.3 is 5.11 Å². The number of rotatable bonds is 4. The smallest absolute Gasteiger partial charge is 0.303 e. The van der Waals surface area contributed by atoms with Crippen molar-refractivity contribution >= 4 is 11.6 Å². The van der Waals surface area contributed by atoms with Gasteiger partial charge in [0.2, 0.25) is 0 Å².